The molecule has 2 aliphatic heterocycles. The maximum absolute atomic E-state index is 11.3. The summed E-state index contributed by atoms with van der Waals surface area (Å²) in [6.45, 7) is 0.928. The van der Waals surface area contributed by atoms with Gasteiger partial charge in [0, 0.05) is 41.0 Å². The Morgan fingerprint density at radius 1 is 1.06 bits per heavy atom. The molecule has 1 saturated carbocycles. The first-order valence-electron chi connectivity index (χ1n) is 6.55. The van der Waals surface area contributed by atoms with Crippen molar-refractivity contribution in [3.05, 3.63) is 0 Å². The van der Waals surface area contributed by atoms with Gasteiger partial charge in [-0.25, -0.2) is 0 Å². The van der Waals surface area contributed by atoms with E-state index in [0.29, 0.717) is 18.2 Å². The average molecular weight is 243 g/mol. The van der Waals surface area contributed by atoms with Crippen LogP contribution in [0.4, 0.5) is 0 Å². The average Bonchev–Trinajstić information content (AvgIpc) is 3.03. The standard InChI is InChI=1S/C12H21NO2S/c14-16-7-4-10(5-8-16)13-11-3-6-15-12(11)9-1-2-9/h9-13H,1-8H2. The highest BCUT2D eigenvalue weighted by Gasteiger charge is 2.41. The van der Waals surface area contributed by atoms with Crippen LogP contribution in [0.2, 0.25) is 0 Å². The molecule has 0 aromatic heterocycles. The molecule has 0 aromatic rings. The first kappa shape index (κ1) is 11.2. The van der Waals surface area contributed by atoms with Crippen LogP contribution in [-0.4, -0.2) is 40.5 Å². The zero-order valence-corrected chi connectivity index (χ0v) is 10.5. The minimum Gasteiger partial charge on any atom is -0.376 e. The number of hydrogen-bond acceptors (Lipinski definition) is 3. The van der Waals surface area contributed by atoms with Crippen LogP contribution in [0.25, 0.3) is 0 Å². The van der Waals surface area contributed by atoms with E-state index in [1.807, 2.05) is 0 Å². The number of hydrogen-bond donors (Lipinski definition) is 1. The smallest absolute Gasteiger partial charge is 0.0757 e. The van der Waals surface area contributed by atoms with Crippen molar-refractivity contribution in [2.45, 2.75) is 50.3 Å². The van der Waals surface area contributed by atoms with Crippen molar-refractivity contribution in [1.82, 2.24) is 5.32 Å². The number of nitrogens with one attached hydrogen (secondary N) is 1. The molecule has 3 fully saturated rings. The van der Waals surface area contributed by atoms with Gasteiger partial charge in [-0.2, -0.15) is 0 Å². The Morgan fingerprint density at radius 3 is 2.50 bits per heavy atom. The lowest BCUT2D eigenvalue weighted by molar-refractivity contribution is 0.0786. The predicted octanol–water partition coefficient (Wildman–Crippen LogP) is 1.05. The van der Waals surface area contributed by atoms with Crippen LogP contribution in [0, 0.1) is 5.92 Å². The van der Waals surface area contributed by atoms with E-state index in [9.17, 15) is 4.21 Å². The molecule has 0 spiro atoms. The van der Waals surface area contributed by atoms with Gasteiger partial charge >= 0.3 is 0 Å². The Kier molecular flexibility index (Phi) is 3.32. The summed E-state index contributed by atoms with van der Waals surface area (Å²) in [6, 6.07) is 1.16. The minimum absolute atomic E-state index is 0.479. The summed E-state index contributed by atoms with van der Waals surface area (Å²) in [5.41, 5.74) is 0. The summed E-state index contributed by atoms with van der Waals surface area (Å²) in [5, 5.41) is 3.75. The quantitative estimate of drug-likeness (QED) is 0.805. The summed E-state index contributed by atoms with van der Waals surface area (Å²) in [6.07, 6.45) is 6.53. The van der Waals surface area contributed by atoms with E-state index >= 15 is 0 Å². The van der Waals surface area contributed by atoms with Gasteiger partial charge in [0.15, 0.2) is 0 Å². The van der Waals surface area contributed by atoms with Gasteiger partial charge in [-0.15, -0.1) is 0 Å². The highest BCUT2D eigenvalue weighted by atomic mass is 32.2. The second-order valence-electron chi connectivity index (χ2n) is 5.36. The molecule has 92 valence electrons. The van der Waals surface area contributed by atoms with Crippen molar-refractivity contribution in [1.29, 1.82) is 0 Å². The highest BCUT2D eigenvalue weighted by molar-refractivity contribution is 7.85. The van der Waals surface area contributed by atoms with Crippen molar-refractivity contribution in [2.75, 3.05) is 18.1 Å². The third-order valence-corrected chi connectivity index (χ3v) is 5.44. The SMILES string of the molecule is O=S1CCC(NC2CCOC2C2CC2)CC1. The van der Waals surface area contributed by atoms with Crippen LogP contribution in [0.3, 0.4) is 0 Å². The fourth-order valence-electron chi connectivity index (χ4n) is 2.94. The first-order valence-corrected chi connectivity index (χ1v) is 8.04. The third-order valence-electron chi connectivity index (χ3n) is 4.06. The Balaban J connectivity index is 1.51. The molecule has 4 heteroatoms. The summed E-state index contributed by atoms with van der Waals surface area (Å²) < 4.78 is 17.1. The molecule has 1 aliphatic carbocycles. The van der Waals surface area contributed by atoms with Crippen molar-refractivity contribution < 1.29 is 8.95 Å². The molecule has 3 aliphatic rings. The van der Waals surface area contributed by atoms with Gasteiger partial charge in [-0.1, -0.05) is 0 Å². The fourth-order valence-corrected chi connectivity index (χ4v) is 4.24. The Labute approximate surface area is 99.8 Å². The van der Waals surface area contributed by atoms with E-state index in [2.05, 4.69) is 5.32 Å². The van der Waals surface area contributed by atoms with Gasteiger partial charge in [0.05, 0.1) is 6.10 Å². The monoisotopic (exact) mass is 243 g/mol. The largest absolute Gasteiger partial charge is 0.376 e. The normalized spacial score (nSPS) is 44.8. The van der Waals surface area contributed by atoms with Gasteiger partial charge in [0.1, 0.15) is 0 Å². The maximum Gasteiger partial charge on any atom is 0.0757 e. The molecule has 0 aromatic carbocycles. The molecule has 2 atom stereocenters. The molecule has 2 heterocycles. The van der Waals surface area contributed by atoms with Crippen LogP contribution < -0.4 is 5.32 Å². The van der Waals surface area contributed by atoms with Crippen molar-refractivity contribution >= 4 is 10.8 Å². The third kappa shape index (κ3) is 2.49. The first-order chi connectivity index (χ1) is 7.83. The van der Waals surface area contributed by atoms with E-state index in [1.54, 1.807) is 0 Å². The Morgan fingerprint density at radius 2 is 1.81 bits per heavy atom. The second kappa shape index (κ2) is 4.75. The molecule has 3 nitrogen and oxygen atoms in total. The Bertz CT molecular complexity index is 270. The van der Waals surface area contributed by atoms with E-state index in [0.717, 1.165) is 36.9 Å². The molecule has 16 heavy (non-hydrogen) atoms. The summed E-state index contributed by atoms with van der Waals surface area (Å²) in [5.74, 6) is 2.61. The van der Waals surface area contributed by atoms with Gasteiger partial charge in [-0.05, 0) is 38.0 Å². The maximum atomic E-state index is 11.3. The zero-order valence-electron chi connectivity index (χ0n) is 9.69. The molecule has 0 bridgehead atoms. The van der Waals surface area contributed by atoms with Crippen molar-refractivity contribution in [3.63, 3.8) is 0 Å². The van der Waals surface area contributed by atoms with E-state index in [-0.39, 0.29) is 0 Å². The lowest BCUT2D eigenvalue weighted by Crippen LogP contribution is -2.46. The van der Waals surface area contributed by atoms with Crippen LogP contribution >= 0.6 is 0 Å². The topological polar surface area (TPSA) is 38.3 Å². The van der Waals surface area contributed by atoms with Crippen molar-refractivity contribution in [2.24, 2.45) is 5.92 Å². The van der Waals surface area contributed by atoms with Gasteiger partial charge < -0.3 is 10.1 Å². The Hall–Kier alpha value is 0.0700. The summed E-state index contributed by atoms with van der Waals surface area (Å²) >= 11 is 0. The van der Waals surface area contributed by atoms with E-state index < -0.39 is 10.8 Å². The molecule has 2 unspecified atom stereocenters. The highest BCUT2D eigenvalue weighted by Crippen LogP contribution is 2.39. The molecule has 0 amide bonds. The van der Waals surface area contributed by atoms with Crippen LogP contribution in [0.5, 0.6) is 0 Å². The van der Waals surface area contributed by atoms with Crippen LogP contribution in [0.15, 0.2) is 0 Å². The molecule has 2 saturated heterocycles. The van der Waals surface area contributed by atoms with Crippen LogP contribution in [0.1, 0.15) is 32.1 Å². The van der Waals surface area contributed by atoms with Gasteiger partial charge in [0.2, 0.25) is 0 Å². The number of rotatable bonds is 3. The molecule has 3 rings (SSSR count). The lowest BCUT2D eigenvalue weighted by atomic mass is 10.0. The van der Waals surface area contributed by atoms with Gasteiger partial charge in [0.25, 0.3) is 0 Å². The van der Waals surface area contributed by atoms with Gasteiger partial charge in [-0.3, -0.25) is 4.21 Å². The molecular formula is C12H21NO2S. The molecular weight excluding hydrogens is 222 g/mol. The van der Waals surface area contributed by atoms with E-state index in [4.69, 9.17) is 4.74 Å². The summed E-state index contributed by atoms with van der Waals surface area (Å²) in [7, 11) is -0.540. The van der Waals surface area contributed by atoms with E-state index in [1.165, 1.54) is 19.3 Å². The van der Waals surface area contributed by atoms with Crippen molar-refractivity contribution in [3.8, 4) is 0 Å². The lowest BCUT2D eigenvalue weighted by Gasteiger charge is -2.28. The van der Waals surface area contributed by atoms with Crippen LogP contribution in [-0.2, 0) is 15.5 Å². The number of ether oxygens (including phenoxy) is 1. The molecule has 0 radical (unpaired) electrons. The fraction of sp³-hybridized carbons (Fsp3) is 1.00. The minimum atomic E-state index is -0.540. The summed E-state index contributed by atoms with van der Waals surface area (Å²) in [4.78, 5) is 0. The zero-order chi connectivity index (χ0) is 11.0. The second-order valence-corrected chi connectivity index (χ2v) is 7.05. The molecule has 1 N–H and O–H groups in total. The predicted molar refractivity (Wildman–Crippen MR) is 64.9 cm³/mol.